The van der Waals surface area contributed by atoms with Crippen LogP contribution in [0.15, 0.2) is 81.8 Å². The maximum atomic E-state index is 13.1. The molecule has 5 rings (SSSR count). The molecule has 32 heavy (non-hydrogen) atoms. The number of aliphatic hydroxyl groups excluding tert-OH is 1. The molecular weight excluding hydrogens is 460 g/mol. The Morgan fingerprint density at radius 3 is 2.66 bits per heavy atom. The van der Waals surface area contributed by atoms with Crippen LogP contribution in [0.2, 0.25) is 0 Å². The van der Waals surface area contributed by atoms with Crippen molar-refractivity contribution in [2.75, 3.05) is 5.75 Å². The maximum absolute atomic E-state index is 13.1. The lowest BCUT2D eigenvalue weighted by molar-refractivity contribution is 0.420. The van der Waals surface area contributed by atoms with Crippen molar-refractivity contribution >= 4 is 60.4 Å². The van der Waals surface area contributed by atoms with Gasteiger partial charge in [-0.15, -0.1) is 22.7 Å². The number of thiazole rings is 1. The fourth-order valence-electron chi connectivity index (χ4n) is 3.22. The van der Waals surface area contributed by atoms with Crippen LogP contribution in [0, 0.1) is 11.3 Å². The Morgan fingerprint density at radius 2 is 1.88 bits per heavy atom. The van der Waals surface area contributed by atoms with Crippen LogP contribution in [0.1, 0.15) is 5.01 Å². The second-order valence-corrected chi connectivity index (χ2v) is 9.59. The first kappa shape index (κ1) is 20.5. The van der Waals surface area contributed by atoms with Crippen molar-refractivity contribution in [2.45, 2.75) is 5.16 Å². The van der Waals surface area contributed by atoms with Crippen molar-refractivity contribution < 1.29 is 5.11 Å². The molecule has 0 aliphatic heterocycles. The van der Waals surface area contributed by atoms with E-state index >= 15 is 0 Å². The number of para-hydroxylation sites is 2. The fourth-order valence-corrected chi connectivity index (χ4v) is 5.89. The van der Waals surface area contributed by atoms with E-state index in [0.717, 1.165) is 10.2 Å². The first-order chi connectivity index (χ1) is 15.7. The van der Waals surface area contributed by atoms with Crippen LogP contribution in [0.25, 0.3) is 31.7 Å². The summed E-state index contributed by atoms with van der Waals surface area (Å²) in [6.45, 7) is 0. The molecule has 0 aliphatic carbocycles. The van der Waals surface area contributed by atoms with Crippen LogP contribution in [0.3, 0.4) is 0 Å². The molecule has 1 N–H and O–H groups in total. The van der Waals surface area contributed by atoms with Crippen molar-refractivity contribution in [1.29, 1.82) is 5.26 Å². The number of thioether (sulfide) groups is 1. The van der Waals surface area contributed by atoms with Crippen LogP contribution in [0.5, 0.6) is 0 Å². The molecule has 0 fully saturated rings. The first-order valence-electron chi connectivity index (χ1n) is 9.52. The van der Waals surface area contributed by atoms with Gasteiger partial charge in [0.05, 0.1) is 27.0 Å². The molecule has 0 saturated heterocycles. The number of hydrogen-bond donors (Lipinski definition) is 1. The minimum absolute atomic E-state index is 0.0783. The van der Waals surface area contributed by atoms with Gasteiger partial charge in [-0.1, -0.05) is 42.1 Å². The number of aromatic nitrogens is 3. The van der Waals surface area contributed by atoms with Crippen molar-refractivity contribution in [1.82, 2.24) is 14.5 Å². The number of hydrogen-bond acceptors (Lipinski definition) is 8. The average Bonchev–Trinajstić information content (AvgIpc) is 3.46. The molecule has 5 aromatic rings. The van der Waals surface area contributed by atoms with Gasteiger partial charge in [0, 0.05) is 0 Å². The predicted octanol–water partition coefficient (Wildman–Crippen LogP) is 5.64. The molecule has 2 aromatic carbocycles. The van der Waals surface area contributed by atoms with E-state index in [4.69, 9.17) is 0 Å². The molecule has 3 heterocycles. The number of nitrogens with zero attached hydrogens (tertiary/aromatic N) is 4. The monoisotopic (exact) mass is 474 g/mol. The topological polar surface area (TPSA) is 91.8 Å². The van der Waals surface area contributed by atoms with Crippen LogP contribution in [-0.2, 0) is 0 Å². The zero-order valence-corrected chi connectivity index (χ0v) is 18.9. The lowest BCUT2D eigenvalue weighted by Gasteiger charge is -2.12. The summed E-state index contributed by atoms with van der Waals surface area (Å²) in [5.74, 6) is -0.0219. The van der Waals surface area contributed by atoms with Gasteiger partial charge in [-0.3, -0.25) is 9.36 Å². The Kier molecular flexibility index (Phi) is 5.49. The quantitative estimate of drug-likeness (QED) is 0.153. The highest BCUT2D eigenvalue weighted by Crippen LogP contribution is 2.30. The van der Waals surface area contributed by atoms with Crippen LogP contribution >= 0.6 is 34.4 Å². The summed E-state index contributed by atoms with van der Waals surface area (Å²) in [6, 6.07) is 20.7. The molecule has 156 valence electrons. The molecule has 6 nitrogen and oxygen atoms in total. The van der Waals surface area contributed by atoms with Crippen molar-refractivity contribution in [3.8, 4) is 11.8 Å². The standard InChI is InChI=1S/C23H14N4O2S3/c24-12-16(21-25-17-8-4-5-9-19(17)32-21)18(28)13-31-23-26-20-15(10-11-30-20)22(29)27(23)14-6-2-1-3-7-14/h1-11,28H,13H2/b18-16-. The Hall–Kier alpha value is -3.45. The third-order valence-corrected chi connectivity index (χ3v) is 7.54. The van der Waals surface area contributed by atoms with E-state index < -0.39 is 0 Å². The van der Waals surface area contributed by atoms with E-state index in [2.05, 4.69) is 16.0 Å². The van der Waals surface area contributed by atoms with Gasteiger partial charge < -0.3 is 5.11 Å². The van der Waals surface area contributed by atoms with Gasteiger partial charge in [-0.05, 0) is 35.7 Å². The van der Waals surface area contributed by atoms with Crippen LogP contribution in [0.4, 0.5) is 0 Å². The lowest BCUT2D eigenvalue weighted by atomic mass is 10.2. The number of allylic oxidation sites excluding steroid dienone is 1. The van der Waals surface area contributed by atoms with Gasteiger partial charge >= 0.3 is 0 Å². The van der Waals surface area contributed by atoms with Gasteiger partial charge in [0.25, 0.3) is 5.56 Å². The molecular formula is C23H14N4O2S3. The third kappa shape index (κ3) is 3.69. The van der Waals surface area contributed by atoms with Gasteiger partial charge in [0.15, 0.2) is 5.16 Å². The van der Waals surface area contributed by atoms with Gasteiger partial charge in [-0.25, -0.2) is 9.97 Å². The second-order valence-electron chi connectivity index (χ2n) is 6.72. The van der Waals surface area contributed by atoms with Crippen molar-refractivity contribution in [3.63, 3.8) is 0 Å². The van der Waals surface area contributed by atoms with Crippen molar-refractivity contribution in [2.24, 2.45) is 0 Å². The predicted molar refractivity (Wildman–Crippen MR) is 131 cm³/mol. The molecule has 0 amide bonds. The van der Waals surface area contributed by atoms with Crippen molar-refractivity contribution in [3.05, 3.63) is 87.2 Å². The average molecular weight is 475 g/mol. The summed E-state index contributed by atoms with van der Waals surface area (Å²) < 4.78 is 2.48. The normalized spacial score (nSPS) is 12.1. The summed E-state index contributed by atoms with van der Waals surface area (Å²) in [5, 5.41) is 23.7. The summed E-state index contributed by atoms with van der Waals surface area (Å²) >= 11 is 3.95. The summed E-state index contributed by atoms with van der Waals surface area (Å²) in [4.78, 5) is 22.9. The molecule has 0 bridgehead atoms. The number of fused-ring (bicyclic) bond motifs is 2. The van der Waals surface area contributed by atoms with E-state index in [1.807, 2.05) is 60.0 Å². The molecule has 3 aromatic heterocycles. The molecule has 0 saturated carbocycles. The minimum Gasteiger partial charge on any atom is -0.510 e. The van der Waals surface area contributed by atoms with Crippen LogP contribution in [-0.4, -0.2) is 25.4 Å². The smallest absolute Gasteiger partial charge is 0.267 e. The van der Waals surface area contributed by atoms with E-state index in [9.17, 15) is 15.2 Å². The Labute approximate surface area is 194 Å². The van der Waals surface area contributed by atoms with E-state index in [-0.39, 0.29) is 22.6 Å². The van der Waals surface area contributed by atoms with Gasteiger partial charge in [0.1, 0.15) is 27.2 Å². The number of thiophene rings is 1. The fraction of sp³-hybridized carbons (Fsp3) is 0.0435. The number of benzene rings is 2. The zero-order valence-electron chi connectivity index (χ0n) is 16.4. The molecule has 0 spiro atoms. The summed E-state index contributed by atoms with van der Waals surface area (Å²) in [7, 11) is 0. The highest BCUT2D eigenvalue weighted by molar-refractivity contribution is 7.99. The Balaban J connectivity index is 1.54. The summed E-state index contributed by atoms with van der Waals surface area (Å²) in [5.41, 5.74) is 1.43. The second kappa shape index (κ2) is 8.59. The minimum atomic E-state index is -0.167. The Bertz CT molecular complexity index is 1540. The van der Waals surface area contributed by atoms with E-state index in [0.29, 0.717) is 26.1 Å². The molecule has 0 aliphatic rings. The highest BCUT2D eigenvalue weighted by Gasteiger charge is 2.18. The SMILES string of the molecule is N#C/C(=C(/O)CSc1nc2sccc2c(=O)n1-c1ccccc1)c1nc2ccccc2s1. The summed E-state index contributed by atoms with van der Waals surface area (Å²) in [6.07, 6.45) is 0. The van der Waals surface area contributed by atoms with E-state index in [1.165, 1.54) is 39.0 Å². The number of aliphatic hydroxyl groups is 1. The molecule has 0 radical (unpaired) electrons. The highest BCUT2D eigenvalue weighted by atomic mass is 32.2. The Morgan fingerprint density at radius 1 is 1.09 bits per heavy atom. The maximum Gasteiger partial charge on any atom is 0.267 e. The molecule has 0 atom stereocenters. The van der Waals surface area contributed by atoms with E-state index in [1.54, 1.807) is 6.07 Å². The zero-order chi connectivity index (χ0) is 22.1. The number of rotatable bonds is 5. The molecule has 0 unspecified atom stereocenters. The van der Waals surface area contributed by atoms with Crippen LogP contribution < -0.4 is 5.56 Å². The molecule has 9 heteroatoms. The number of nitriles is 1. The third-order valence-electron chi connectivity index (χ3n) is 4.73. The largest absolute Gasteiger partial charge is 0.510 e. The lowest BCUT2D eigenvalue weighted by Crippen LogP contribution is -2.21. The first-order valence-corrected chi connectivity index (χ1v) is 12.2. The van der Waals surface area contributed by atoms with Gasteiger partial charge in [0.2, 0.25) is 0 Å². The van der Waals surface area contributed by atoms with Gasteiger partial charge in [-0.2, -0.15) is 5.26 Å².